The summed E-state index contributed by atoms with van der Waals surface area (Å²) in [4.78, 5) is 2.51. The van der Waals surface area contributed by atoms with Crippen molar-refractivity contribution in [3.05, 3.63) is 188 Å². The Labute approximate surface area is 335 Å². The Morgan fingerprint density at radius 2 is 0.714 bits per heavy atom. The third kappa shape index (κ3) is 4.83. The molecule has 262 valence electrons. The number of rotatable bonds is 5. The number of fused-ring (bicyclic) bond motifs is 10. The van der Waals surface area contributed by atoms with Gasteiger partial charge in [-0.05, 0) is 58.3 Å². The van der Waals surface area contributed by atoms with E-state index in [0.29, 0.717) is 0 Å². The molecule has 0 aliphatic carbocycles. The lowest BCUT2D eigenvalue weighted by Gasteiger charge is -2.27. The molecule has 0 aliphatic rings. The first-order chi connectivity index (χ1) is 27.8. The molecule has 0 atom stereocenters. The van der Waals surface area contributed by atoms with Gasteiger partial charge in [0.25, 0.3) is 0 Å². The van der Waals surface area contributed by atoms with Crippen LogP contribution in [0.4, 0.5) is 17.1 Å². The summed E-state index contributed by atoms with van der Waals surface area (Å²) in [6.45, 7) is 0. The number of hydrogen-bond donors (Lipinski definition) is 0. The molecule has 0 unspecified atom stereocenters. The summed E-state index contributed by atoms with van der Waals surface area (Å²) >= 11 is 5.71. The van der Waals surface area contributed by atoms with Crippen molar-refractivity contribution in [1.82, 2.24) is 0 Å². The molecule has 0 saturated carbocycles. The zero-order chi connectivity index (χ0) is 36.7. The Balaban J connectivity index is 1.09. The van der Waals surface area contributed by atoms with Crippen LogP contribution in [0.1, 0.15) is 0 Å². The standard InChI is InChI=1S/C52H31NS3/c1-2-14-35-32(12-1)13-7-17-36(35)33-28-30-34(31-29-33)53(45-24-10-22-40-38-16-4-6-27-48(38)55-51(40)45)46-25-11-23-44-43-21-9-20-42(50(43)56-52(44)46)41-19-8-18-39-37-15-3-5-26-47(37)54-49(39)41/h1-31H. The molecule has 0 spiro atoms. The second kappa shape index (κ2) is 12.6. The molecule has 0 fully saturated rings. The zero-order valence-electron chi connectivity index (χ0n) is 30.1. The van der Waals surface area contributed by atoms with Gasteiger partial charge in [0.1, 0.15) is 0 Å². The fraction of sp³-hybridized carbons (Fsp3) is 0. The Morgan fingerprint density at radius 1 is 0.286 bits per heavy atom. The Bertz CT molecular complexity index is 3490. The van der Waals surface area contributed by atoms with Crippen LogP contribution in [0.3, 0.4) is 0 Å². The van der Waals surface area contributed by atoms with Crippen LogP contribution in [0.5, 0.6) is 0 Å². The van der Waals surface area contributed by atoms with Crippen molar-refractivity contribution in [2.24, 2.45) is 0 Å². The third-order valence-electron chi connectivity index (χ3n) is 11.3. The molecular formula is C52H31NS3. The minimum atomic E-state index is 1.14. The number of benzene rings is 9. The number of thiophene rings is 3. The SMILES string of the molecule is c1ccc2c(-c3ccc(N(c4cccc5c4sc4ccccc45)c4cccc5c4sc4c(-c6cccc7c6sc6ccccc67)cccc45)cc3)cccc2c1. The van der Waals surface area contributed by atoms with Crippen molar-refractivity contribution in [3.8, 4) is 22.3 Å². The highest BCUT2D eigenvalue weighted by atomic mass is 32.1. The van der Waals surface area contributed by atoms with Crippen LogP contribution in [0.2, 0.25) is 0 Å². The van der Waals surface area contributed by atoms with Crippen LogP contribution in [0.15, 0.2) is 188 Å². The average molecular weight is 766 g/mol. The second-order valence-electron chi connectivity index (χ2n) is 14.4. The summed E-state index contributed by atoms with van der Waals surface area (Å²) < 4.78 is 7.89. The highest BCUT2D eigenvalue weighted by molar-refractivity contribution is 7.28. The van der Waals surface area contributed by atoms with Gasteiger partial charge >= 0.3 is 0 Å². The maximum atomic E-state index is 2.51. The summed E-state index contributed by atoms with van der Waals surface area (Å²) in [6.07, 6.45) is 0. The van der Waals surface area contributed by atoms with Crippen LogP contribution in [0.25, 0.3) is 93.5 Å². The fourth-order valence-corrected chi connectivity index (χ4v) is 12.5. The van der Waals surface area contributed by atoms with Crippen LogP contribution in [0, 0.1) is 0 Å². The maximum Gasteiger partial charge on any atom is 0.0640 e. The van der Waals surface area contributed by atoms with Crippen molar-refractivity contribution in [2.75, 3.05) is 4.90 Å². The molecule has 3 heterocycles. The molecule has 9 aromatic carbocycles. The summed E-state index contributed by atoms with van der Waals surface area (Å²) in [5.41, 5.74) is 8.59. The number of anilines is 3. The Hall–Kier alpha value is -6.30. The Kier molecular flexibility index (Phi) is 7.21. The van der Waals surface area contributed by atoms with Gasteiger partial charge in [0.05, 0.1) is 20.8 Å². The fourth-order valence-electron chi connectivity index (χ4n) is 8.74. The first-order valence-corrected chi connectivity index (χ1v) is 21.4. The molecule has 56 heavy (non-hydrogen) atoms. The van der Waals surface area contributed by atoms with E-state index in [2.05, 4.69) is 193 Å². The van der Waals surface area contributed by atoms with E-state index in [1.807, 2.05) is 34.0 Å². The van der Waals surface area contributed by atoms with Gasteiger partial charge in [-0.3, -0.25) is 0 Å². The largest absolute Gasteiger partial charge is 0.308 e. The van der Waals surface area contributed by atoms with E-state index in [1.165, 1.54) is 105 Å². The summed E-state index contributed by atoms with van der Waals surface area (Å²) in [6, 6.07) is 69.4. The second-order valence-corrected chi connectivity index (χ2v) is 17.5. The van der Waals surface area contributed by atoms with Gasteiger partial charge < -0.3 is 4.90 Å². The van der Waals surface area contributed by atoms with E-state index < -0.39 is 0 Å². The summed E-state index contributed by atoms with van der Waals surface area (Å²) in [7, 11) is 0. The molecule has 0 bridgehead atoms. The van der Waals surface area contributed by atoms with E-state index in [4.69, 9.17) is 0 Å². The molecule has 0 amide bonds. The number of nitrogens with zero attached hydrogens (tertiary/aromatic N) is 1. The quantitative estimate of drug-likeness (QED) is 0.169. The molecule has 0 saturated heterocycles. The van der Waals surface area contributed by atoms with Crippen molar-refractivity contribution in [2.45, 2.75) is 0 Å². The maximum absolute atomic E-state index is 2.51. The predicted octanol–water partition coefficient (Wildman–Crippen LogP) is 16.7. The van der Waals surface area contributed by atoms with E-state index in [0.717, 1.165) is 5.69 Å². The summed E-state index contributed by atoms with van der Waals surface area (Å²) in [5.74, 6) is 0. The van der Waals surface area contributed by atoms with Gasteiger partial charge in [-0.1, -0.05) is 152 Å². The van der Waals surface area contributed by atoms with Gasteiger partial charge in [0, 0.05) is 67.9 Å². The van der Waals surface area contributed by atoms with E-state index >= 15 is 0 Å². The topological polar surface area (TPSA) is 3.24 Å². The molecule has 0 aliphatic heterocycles. The molecule has 3 aromatic heterocycles. The monoisotopic (exact) mass is 765 g/mol. The van der Waals surface area contributed by atoms with Gasteiger partial charge in [0.15, 0.2) is 0 Å². The number of hydrogen-bond acceptors (Lipinski definition) is 4. The zero-order valence-corrected chi connectivity index (χ0v) is 32.5. The Morgan fingerprint density at radius 3 is 1.39 bits per heavy atom. The molecule has 12 aromatic rings. The molecule has 0 radical (unpaired) electrons. The molecule has 0 N–H and O–H groups in total. The van der Waals surface area contributed by atoms with Crippen molar-refractivity contribution < 1.29 is 0 Å². The minimum absolute atomic E-state index is 1.14. The van der Waals surface area contributed by atoms with Crippen molar-refractivity contribution in [1.29, 1.82) is 0 Å². The van der Waals surface area contributed by atoms with E-state index in [1.54, 1.807) is 0 Å². The first kappa shape index (κ1) is 32.0. The molecule has 4 heteroatoms. The van der Waals surface area contributed by atoms with Crippen LogP contribution in [-0.4, -0.2) is 0 Å². The van der Waals surface area contributed by atoms with Crippen LogP contribution >= 0.6 is 34.0 Å². The summed E-state index contributed by atoms with van der Waals surface area (Å²) in [5, 5.41) is 10.4. The van der Waals surface area contributed by atoms with E-state index in [9.17, 15) is 0 Å². The molecular weight excluding hydrogens is 735 g/mol. The van der Waals surface area contributed by atoms with Crippen molar-refractivity contribution in [3.63, 3.8) is 0 Å². The smallest absolute Gasteiger partial charge is 0.0640 e. The van der Waals surface area contributed by atoms with Crippen molar-refractivity contribution >= 4 is 122 Å². The van der Waals surface area contributed by atoms with Crippen LogP contribution in [-0.2, 0) is 0 Å². The third-order valence-corrected chi connectivity index (χ3v) is 15.0. The normalized spacial score (nSPS) is 11.9. The van der Waals surface area contributed by atoms with Crippen LogP contribution < -0.4 is 4.90 Å². The highest BCUT2D eigenvalue weighted by Gasteiger charge is 2.23. The van der Waals surface area contributed by atoms with Gasteiger partial charge in [-0.25, -0.2) is 0 Å². The predicted molar refractivity (Wildman–Crippen MR) is 248 cm³/mol. The van der Waals surface area contributed by atoms with E-state index in [-0.39, 0.29) is 0 Å². The first-order valence-electron chi connectivity index (χ1n) is 18.9. The highest BCUT2D eigenvalue weighted by Crippen LogP contribution is 2.51. The lowest BCUT2D eigenvalue weighted by Crippen LogP contribution is -2.10. The molecule has 1 nitrogen and oxygen atoms in total. The lowest BCUT2D eigenvalue weighted by atomic mass is 9.98. The van der Waals surface area contributed by atoms with Gasteiger partial charge in [0.2, 0.25) is 0 Å². The van der Waals surface area contributed by atoms with Gasteiger partial charge in [-0.15, -0.1) is 34.0 Å². The molecule has 12 rings (SSSR count). The average Bonchev–Trinajstić information content (AvgIpc) is 3.96. The minimum Gasteiger partial charge on any atom is -0.308 e. The lowest BCUT2D eigenvalue weighted by molar-refractivity contribution is 1.32. The van der Waals surface area contributed by atoms with Gasteiger partial charge in [-0.2, -0.15) is 0 Å².